The highest BCUT2D eigenvalue weighted by Crippen LogP contribution is 2.37. The van der Waals surface area contributed by atoms with Crippen LogP contribution >= 0.6 is 0 Å². The van der Waals surface area contributed by atoms with Crippen molar-refractivity contribution in [2.45, 2.75) is 148 Å². The first kappa shape index (κ1) is 40.8. The summed E-state index contributed by atoms with van der Waals surface area (Å²) in [4.78, 5) is 3.38. The molecule has 3 aromatic carbocycles. The summed E-state index contributed by atoms with van der Waals surface area (Å²) >= 11 is 0. The fraction of sp³-hybridized carbons (Fsp3) is 0.571. The van der Waals surface area contributed by atoms with E-state index >= 15 is 0 Å². The first-order valence-electron chi connectivity index (χ1n) is 19.2. The monoisotopic (exact) mass is 699 g/mol. The number of hydrogen-bond acceptors (Lipinski definition) is 3. The van der Waals surface area contributed by atoms with E-state index in [-0.39, 0.29) is 11.1 Å². The maximum Gasteiger partial charge on any atom is 0.288 e. The van der Waals surface area contributed by atoms with Crippen LogP contribution in [0.4, 0.5) is 0 Å². The number of rotatable bonds is 24. The summed E-state index contributed by atoms with van der Waals surface area (Å²) in [6, 6.07) is 31.7. The lowest BCUT2D eigenvalue weighted by Gasteiger charge is -2.40. The van der Waals surface area contributed by atoms with Gasteiger partial charge in [-0.3, -0.25) is 0 Å². The van der Waals surface area contributed by atoms with Gasteiger partial charge in [-0.15, -0.1) is 0 Å². The third kappa shape index (κ3) is 12.9. The Morgan fingerprint density at radius 3 is 1.39 bits per heavy atom. The smallest absolute Gasteiger partial charge is 0.288 e. The van der Waals surface area contributed by atoms with Crippen LogP contribution in [-0.4, -0.2) is 35.4 Å². The topological polar surface area (TPSA) is 67.2 Å². The molecule has 7 heteroatoms. The number of benzene rings is 3. The summed E-state index contributed by atoms with van der Waals surface area (Å²) in [7, 11) is -5.12. The molecule has 0 amide bonds. The zero-order valence-electron chi connectivity index (χ0n) is 31.6. The molecule has 0 aromatic heterocycles. The van der Waals surface area contributed by atoms with Crippen LogP contribution in [0.5, 0.6) is 0 Å². The lowest BCUT2D eigenvalue weighted by Crippen LogP contribution is -2.71. The van der Waals surface area contributed by atoms with Crippen molar-refractivity contribution in [3.63, 3.8) is 0 Å². The van der Waals surface area contributed by atoms with Crippen LogP contribution in [0.2, 0.25) is 18.1 Å². The molecule has 0 fully saturated rings. The summed E-state index contributed by atoms with van der Waals surface area (Å²) < 4.78 is 14.4. The highest BCUT2D eigenvalue weighted by atomic mass is 28.4. The molecular formula is C42H65N3O2Si2. The SMILES string of the molecule is CCCCCCCCCCCCCCC[C@H](O[Si](c1ccccc1)(c1ccccc1)c1ccccc1)[C@@H](CO[Si](C)(C)C(C)(C)C)N=[N+]=[N-]. The molecule has 0 radical (unpaired) electrons. The lowest BCUT2D eigenvalue weighted by atomic mass is 10.0. The molecular weight excluding hydrogens is 635 g/mol. The molecule has 49 heavy (non-hydrogen) atoms. The van der Waals surface area contributed by atoms with Gasteiger partial charge in [0, 0.05) is 11.5 Å². The second kappa shape index (κ2) is 21.5. The minimum Gasteiger partial charge on any atom is -0.416 e. The zero-order valence-corrected chi connectivity index (χ0v) is 33.6. The van der Waals surface area contributed by atoms with Crippen molar-refractivity contribution in [1.29, 1.82) is 0 Å². The van der Waals surface area contributed by atoms with E-state index in [1.807, 2.05) is 0 Å². The summed E-state index contributed by atoms with van der Waals surface area (Å²) in [6.45, 7) is 13.9. The Morgan fingerprint density at radius 1 is 0.633 bits per heavy atom. The first-order valence-corrected chi connectivity index (χ1v) is 24.0. The Labute approximate surface area is 301 Å². The Kier molecular flexibility index (Phi) is 17.9. The fourth-order valence-electron chi connectivity index (χ4n) is 6.43. The molecule has 0 heterocycles. The summed E-state index contributed by atoms with van der Waals surface area (Å²) in [5.41, 5.74) is 9.88. The van der Waals surface area contributed by atoms with Crippen LogP contribution in [0, 0.1) is 0 Å². The van der Waals surface area contributed by atoms with E-state index in [9.17, 15) is 5.53 Å². The van der Waals surface area contributed by atoms with Gasteiger partial charge < -0.3 is 8.85 Å². The minimum atomic E-state index is -3.02. The van der Waals surface area contributed by atoms with Crippen LogP contribution in [-0.2, 0) is 8.85 Å². The first-order chi connectivity index (χ1) is 23.7. The van der Waals surface area contributed by atoms with Crippen LogP contribution in [0.1, 0.15) is 118 Å². The molecule has 0 aliphatic carbocycles. The standard InChI is InChI=1S/C42H65N3O2Si2/c1-7-8-9-10-11-12-13-14-15-16-17-18-28-35-41(40(44-45-43)36-46-48(5,6)42(2,3)4)47-49(37-29-22-19-23-30-37,38-31-24-20-25-32-38)39-33-26-21-27-34-39/h19-27,29-34,40-41H,7-18,28,35-36H2,1-6H3/t40-,41+/m1/s1. The highest BCUT2D eigenvalue weighted by Gasteiger charge is 2.45. The quantitative estimate of drug-likeness (QED) is 0.0233. The number of unbranched alkanes of at least 4 members (excludes halogenated alkanes) is 12. The molecule has 0 saturated heterocycles. The average molecular weight is 700 g/mol. The van der Waals surface area contributed by atoms with Gasteiger partial charge in [0.2, 0.25) is 0 Å². The van der Waals surface area contributed by atoms with E-state index < -0.39 is 22.7 Å². The van der Waals surface area contributed by atoms with Crippen molar-refractivity contribution >= 4 is 32.2 Å². The van der Waals surface area contributed by atoms with Crippen molar-refractivity contribution in [3.05, 3.63) is 101 Å². The van der Waals surface area contributed by atoms with E-state index in [0.717, 1.165) is 19.3 Å². The molecule has 0 bridgehead atoms. The summed E-state index contributed by atoms with van der Waals surface area (Å²) in [5.74, 6) is 0. The van der Waals surface area contributed by atoms with Crippen molar-refractivity contribution in [1.82, 2.24) is 0 Å². The van der Waals surface area contributed by atoms with Gasteiger partial charge in [-0.25, -0.2) is 0 Å². The summed E-state index contributed by atoms with van der Waals surface area (Å²) in [5, 5.41) is 8.04. The van der Waals surface area contributed by atoms with Crippen molar-refractivity contribution in [2.24, 2.45) is 5.11 Å². The van der Waals surface area contributed by atoms with Crippen molar-refractivity contribution in [2.75, 3.05) is 6.61 Å². The van der Waals surface area contributed by atoms with E-state index in [2.05, 4.69) is 142 Å². The molecule has 0 unspecified atom stereocenters. The number of hydrogen-bond donors (Lipinski definition) is 0. The molecule has 5 nitrogen and oxygen atoms in total. The van der Waals surface area contributed by atoms with Crippen LogP contribution in [0.3, 0.4) is 0 Å². The van der Waals surface area contributed by atoms with Gasteiger partial charge in [-0.2, -0.15) is 0 Å². The van der Waals surface area contributed by atoms with Gasteiger partial charge >= 0.3 is 0 Å². The second-order valence-corrected chi connectivity index (χ2v) is 23.4. The Balaban J connectivity index is 1.85. The van der Waals surface area contributed by atoms with E-state index in [4.69, 9.17) is 8.85 Å². The molecule has 0 N–H and O–H groups in total. The van der Waals surface area contributed by atoms with Gasteiger partial charge in [0.25, 0.3) is 8.32 Å². The van der Waals surface area contributed by atoms with Gasteiger partial charge in [-0.1, -0.05) is 207 Å². The minimum absolute atomic E-state index is 0.0515. The van der Waals surface area contributed by atoms with Gasteiger partial charge in [0.05, 0.1) is 12.1 Å². The number of nitrogens with zero attached hydrogens (tertiary/aromatic N) is 3. The Morgan fingerprint density at radius 2 is 1.02 bits per heavy atom. The molecule has 0 saturated carbocycles. The molecule has 0 spiro atoms. The third-order valence-corrected chi connectivity index (χ3v) is 19.1. The maximum absolute atomic E-state index is 9.88. The molecule has 0 aliphatic heterocycles. The number of azide groups is 1. The van der Waals surface area contributed by atoms with E-state index in [1.165, 1.54) is 86.2 Å². The lowest BCUT2D eigenvalue weighted by molar-refractivity contribution is 0.121. The van der Waals surface area contributed by atoms with Crippen LogP contribution in [0.15, 0.2) is 96.1 Å². The maximum atomic E-state index is 9.88. The molecule has 3 aromatic rings. The second-order valence-electron chi connectivity index (χ2n) is 15.3. The zero-order chi connectivity index (χ0) is 35.4. The Bertz CT molecular complexity index is 1250. The average Bonchev–Trinajstić information content (AvgIpc) is 3.11. The van der Waals surface area contributed by atoms with Gasteiger partial charge in [-0.05, 0) is 45.6 Å². The van der Waals surface area contributed by atoms with E-state index in [0.29, 0.717) is 6.61 Å². The largest absolute Gasteiger partial charge is 0.416 e. The molecule has 3 rings (SSSR count). The van der Waals surface area contributed by atoms with E-state index in [1.54, 1.807) is 0 Å². The predicted molar refractivity (Wildman–Crippen MR) is 215 cm³/mol. The van der Waals surface area contributed by atoms with Crippen LogP contribution in [0.25, 0.3) is 10.4 Å². The van der Waals surface area contributed by atoms with Gasteiger partial charge in [0.15, 0.2) is 8.32 Å². The summed E-state index contributed by atoms with van der Waals surface area (Å²) in [6.07, 6.45) is 17.6. The molecule has 0 aliphatic rings. The van der Waals surface area contributed by atoms with Crippen molar-refractivity contribution < 1.29 is 8.85 Å². The normalized spacial score (nSPS) is 13.5. The van der Waals surface area contributed by atoms with Crippen LogP contribution < -0.4 is 15.6 Å². The fourth-order valence-corrected chi connectivity index (χ4v) is 11.6. The molecule has 268 valence electrons. The highest BCUT2D eigenvalue weighted by molar-refractivity contribution is 7.07. The van der Waals surface area contributed by atoms with Gasteiger partial charge in [0.1, 0.15) is 0 Å². The Hall–Kier alpha value is -2.68. The van der Waals surface area contributed by atoms with Crippen molar-refractivity contribution in [3.8, 4) is 0 Å². The molecule has 2 atom stereocenters. The predicted octanol–water partition coefficient (Wildman–Crippen LogP) is 11.2. The third-order valence-electron chi connectivity index (χ3n) is 10.5.